The van der Waals surface area contributed by atoms with Crippen LogP contribution in [0.2, 0.25) is 0 Å². The summed E-state index contributed by atoms with van der Waals surface area (Å²) < 4.78 is 6.04. The van der Waals surface area contributed by atoms with Crippen molar-refractivity contribution in [3.8, 4) is 0 Å². The first kappa shape index (κ1) is 15.4. The molecular weight excluding hydrogens is 308 g/mol. The third kappa shape index (κ3) is 3.12. The second-order valence-corrected chi connectivity index (χ2v) is 6.00. The van der Waals surface area contributed by atoms with Crippen LogP contribution in [0, 0.1) is 0 Å². The van der Waals surface area contributed by atoms with Crippen molar-refractivity contribution < 1.29 is 9.84 Å². The number of aliphatic hydroxyl groups is 1. The number of rotatable bonds is 3. The molecule has 1 N–H and O–H groups in total. The average molecular weight is 326 g/mol. The summed E-state index contributed by atoms with van der Waals surface area (Å²) in [5, 5.41) is 11.3. The van der Waals surface area contributed by atoms with Crippen molar-refractivity contribution >= 4 is 11.3 Å². The van der Waals surface area contributed by atoms with Crippen LogP contribution in [0.3, 0.4) is 0 Å². The van der Waals surface area contributed by atoms with Gasteiger partial charge in [-0.15, -0.1) is 0 Å². The molecule has 2 nitrogen and oxygen atoms in total. The summed E-state index contributed by atoms with van der Waals surface area (Å²) in [4.78, 5) is 0. The lowest BCUT2D eigenvalue weighted by molar-refractivity contribution is -0.123. The van der Waals surface area contributed by atoms with Gasteiger partial charge in [0.1, 0.15) is 5.76 Å². The summed E-state index contributed by atoms with van der Waals surface area (Å²) in [6, 6.07) is 29.3. The molecule has 25 heavy (non-hydrogen) atoms. The molecule has 0 fully saturated rings. The van der Waals surface area contributed by atoms with Gasteiger partial charge in [0, 0.05) is 11.1 Å². The Morgan fingerprint density at radius 1 is 0.640 bits per heavy atom. The summed E-state index contributed by atoms with van der Waals surface area (Å²) in [6.07, 6.45) is 3.74. The fourth-order valence-electron chi connectivity index (χ4n) is 2.98. The molecule has 122 valence electrons. The van der Waals surface area contributed by atoms with Gasteiger partial charge in [0.15, 0.2) is 0 Å². The second-order valence-electron chi connectivity index (χ2n) is 6.00. The van der Waals surface area contributed by atoms with Crippen molar-refractivity contribution in [2.24, 2.45) is 0 Å². The van der Waals surface area contributed by atoms with Gasteiger partial charge < -0.3 is 9.84 Å². The smallest absolute Gasteiger partial charge is 0.255 e. The molecule has 3 aromatic rings. The van der Waals surface area contributed by atoms with E-state index in [1.165, 1.54) is 0 Å². The zero-order valence-electron chi connectivity index (χ0n) is 13.7. The van der Waals surface area contributed by atoms with Gasteiger partial charge in [-0.25, -0.2) is 0 Å². The second kappa shape index (κ2) is 6.42. The first-order valence-electron chi connectivity index (χ1n) is 8.27. The van der Waals surface area contributed by atoms with Crippen molar-refractivity contribution in [2.45, 2.75) is 5.79 Å². The van der Waals surface area contributed by atoms with E-state index in [1.807, 2.05) is 97.1 Å². The van der Waals surface area contributed by atoms with Crippen LogP contribution in [-0.2, 0) is 10.5 Å². The Balaban J connectivity index is 1.85. The molecule has 0 aliphatic carbocycles. The van der Waals surface area contributed by atoms with E-state index in [4.69, 9.17) is 4.74 Å². The highest BCUT2D eigenvalue weighted by atomic mass is 16.6. The Labute approximate surface area is 147 Å². The maximum absolute atomic E-state index is 11.3. The summed E-state index contributed by atoms with van der Waals surface area (Å²) in [5.74, 6) is -0.861. The van der Waals surface area contributed by atoms with Gasteiger partial charge in [0.25, 0.3) is 5.79 Å². The van der Waals surface area contributed by atoms with Gasteiger partial charge in [-0.05, 0) is 23.3 Å². The topological polar surface area (TPSA) is 29.5 Å². The molecule has 0 aromatic heterocycles. The number of hydrogen-bond acceptors (Lipinski definition) is 2. The summed E-state index contributed by atoms with van der Waals surface area (Å²) in [7, 11) is 0. The Hall–Kier alpha value is -3.10. The minimum Gasteiger partial charge on any atom is -0.454 e. The van der Waals surface area contributed by atoms with E-state index < -0.39 is 5.79 Å². The molecule has 0 unspecified atom stereocenters. The molecule has 0 spiro atoms. The van der Waals surface area contributed by atoms with Crippen LogP contribution in [0.25, 0.3) is 11.3 Å². The minimum atomic E-state index is -1.51. The number of ether oxygens (including phenoxy) is 1. The summed E-state index contributed by atoms with van der Waals surface area (Å²) in [5.41, 5.74) is 3.59. The Morgan fingerprint density at radius 2 is 1.16 bits per heavy atom. The molecular formula is C23H18O2. The third-order valence-electron chi connectivity index (χ3n) is 4.26. The van der Waals surface area contributed by atoms with E-state index >= 15 is 0 Å². The fraction of sp³-hybridized carbons (Fsp3) is 0.0435. The standard InChI is InChI=1S/C23H18O2/c24-23(21-14-8-3-9-15-21)17-20(18-10-4-1-5-11-18)16-22(25-23)19-12-6-2-7-13-19/h1-17,24H/t23-/m0/s1. The van der Waals surface area contributed by atoms with Crippen molar-refractivity contribution in [3.63, 3.8) is 0 Å². The molecule has 0 saturated carbocycles. The predicted octanol–water partition coefficient (Wildman–Crippen LogP) is 4.99. The van der Waals surface area contributed by atoms with Gasteiger partial charge >= 0.3 is 0 Å². The lowest BCUT2D eigenvalue weighted by atomic mass is 9.94. The quantitative estimate of drug-likeness (QED) is 0.735. The average Bonchev–Trinajstić information content (AvgIpc) is 2.70. The molecule has 4 rings (SSSR count). The van der Waals surface area contributed by atoms with Crippen molar-refractivity contribution in [1.29, 1.82) is 0 Å². The van der Waals surface area contributed by atoms with Crippen molar-refractivity contribution in [1.82, 2.24) is 0 Å². The lowest BCUT2D eigenvalue weighted by Crippen LogP contribution is -2.28. The monoisotopic (exact) mass is 326 g/mol. The zero-order chi connectivity index (χ0) is 17.1. The molecule has 1 heterocycles. The SMILES string of the molecule is O[C@@]1(c2ccccc2)C=C(c2ccccc2)C=C(c2ccccc2)O1. The van der Waals surface area contributed by atoms with Crippen LogP contribution < -0.4 is 0 Å². The molecule has 2 heteroatoms. The van der Waals surface area contributed by atoms with Gasteiger partial charge in [-0.3, -0.25) is 0 Å². The van der Waals surface area contributed by atoms with E-state index in [2.05, 4.69) is 0 Å². The maximum Gasteiger partial charge on any atom is 0.255 e. The fourth-order valence-corrected chi connectivity index (χ4v) is 2.98. The summed E-state index contributed by atoms with van der Waals surface area (Å²) in [6.45, 7) is 0. The highest BCUT2D eigenvalue weighted by Crippen LogP contribution is 2.39. The Kier molecular flexibility index (Phi) is 3.96. The van der Waals surface area contributed by atoms with Crippen LogP contribution in [-0.4, -0.2) is 5.11 Å². The molecule has 1 atom stereocenters. The molecule has 0 saturated heterocycles. The number of benzene rings is 3. The first-order chi connectivity index (χ1) is 12.2. The maximum atomic E-state index is 11.3. The van der Waals surface area contributed by atoms with Crippen LogP contribution in [0.5, 0.6) is 0 Å². The highest BCUT2D eigenvalue weighted by Gasteiger charge is 2.34. The van der Waals surface area contributed by atoms with E-state index in [1.54, 1.807) is 6.08 Å². The van der Waals surface area contributed by atoms with Crippen LogP contribution in [0.4, 0.5) is 0 Å². The van der Waals surface area contributed by atoms with Crippen LogP contribution in [0.1, 0.15) is 16.7 Å². The van der Waals surface area contributed by atoms with E-state index in [-0.39, 0.29) is 0 Å². The molecule has 0 radical (unpaired) electrons. The molecule has 3 aromatic carbocycles. The van der Waals surface area contributed by atoms with Crippen molar-refractivity contribution in [2.75, 3.05) is 0 Å². The van der Waals surface area contributed by atoms with E-state index in [9.17, 15) is 5.11 Å². The molecule has 0 amide bonds. The number of allylic oxidation sites excluding steroid dienone is 2. The zero-order valence-corrected chi connectivity index (χ0v) is 13.7. The molecule has 0 bridgehead atoms. The predicted molar refractivity (Wildman–Crippen MR) is 100 cm³/mol. The van der Waals surface area contributed by atoms with Crippen LogP contribution in [0.15, 0.2) is 103 Å². The normalized spacial score (nSPS) is 19.6. The van der Waals surface area contributed by atoms with Gasteiger partial charge in [-0.2, -0.15) is 0 Å². The number of hydrogen-bond donors (Lipinski definition) is 1. The highest BCUT2D eigenvalue weighted by molar-refractivity contribution is 5.84. The summed E-state index contributed by atoms with van der Waals surface area (Å²) >= 11 is 0. The third-order valence-corrected chi connectivity index (χ3v) is 4.26. The van der Waals surface area contributed by atoms with Gasteiger partial charge in [-0.1, -0.05) is 91.0 Å². The Bertz CT molecular complexity index is 912. The van der Waals surface area contributed by atoms with Gasteiger partial charge in [0.2, 0.25) is 0 Å². The van der Waals surface area contributed by atoms with Crippen LogP contribution >= 0.6 is 0 Å². The van der Waals surface area contributed by atoms with Crippen molar-refractivity contribution in [3.05, 3.63) is 120 Å². The Morgan fingerprint density at radius 3 is 1.76 bits per heavy atom. The first-order valence-corrected chi connectivity index (χ1v) is 8.27. The van der Waals surface area contributed by atoms with E-state index in [0.29, 0.717) is 11.3 Å². The largest absolute Gasteiger partial charge is 0.454 e. The minimum absolute atomic E-state index is 0.647. The van der Waals surface area contributed by atoms with E-state index in [0.717, 1.165) is 16.7 Å². The molecule has 1 aliphatic heterocycles. The lowest BCUT2D eigenvalue weighted by Gasteiger charge is -2.32. The van der Waals surface area contributed by atoms with Gasteiger partial charge in [0.05, 0.1) is 0 Å². The molecule has 1 aliphatic rings.